The fraction of sp³-hybridized carbons (Fsp3) is 0.588. The van der Waals surface area contributed by atoms with Crippen LogP contribution in [0, 0.1) is 5.92 Å². The molecule has 1 fully saturated rings. The third-order valence-electron chi connectivity index (χ3n) is 4.41. The molecule has 0 aliphatic carbocycles. The average molecular weight is 290 g/mol. The smallest absolute Gasteiger partial charge is 0.239 e. The van der Waals surface area contributed by atoms with Crippen molar-refractivity contribution in [2.24, 2.45) is 11.7 Å². The van der Waals surface area contributed by atoms with Crippen molar-refractivity contribution < 1.29 is 9.53 Å². The van der Waals surface area contributed by atoms with E-state index in [0.717, 1.165) is 19.4 Å². The number of amides is 1. The molecule has 0 aromatic heterocycles. The predicted octanol–water partition coefficient (Wildman–Crippen LogP) is 1.83. The average Bonchev–Trinajstić information content (AvgIpc) is 2.53. The van der Waals surface area contributed by atoms with Crippen LogP contribution in [-0.2, 0) is 16.0 Å². The molecular weight excluding hydrogens is 264 g/mol. The van der Waals surface area contributed by atoms with E-state index in [1.165, 1.54) is 5.56 Å². The summed E-state index contributed by atoms with van der Waals surface area (Å²) < 4.78 is 5.46. The van der Waals surface area contributed by atoms with Gasteiger partial charge < -0.3 is 15.4 Å². The van der Waals surface area contributed by atoms with Crippen LogP contribution in [0.4, 0.5) is 0 Å². The SMILES string of the molecule is COC1CN(C(=O)[C@@H](N)CCc2ccccc2)CCC1C. The number of nitrogens with two attached hydrogens (primary N) is 1. The number of hydrogen-bond acceptors (Lipinski definition) is 3. The summed E-state index contributed by atoms with van der Waals surface area (Å²) >= 11 is 0. The molecule has 21 heavy (non-hydrogen) atoms. The van der Waals surface area contributed by atoms with Crippen LogP contribution in [0.15, 0.2) is 30.3 Å². The maximum absolute atomic E-state index is 12.4. The molecule has 116 valence electrons. The molecule has 3 atom stereocenters. The number of ether oxygens (including phenoxy) is 1. The summed E-state index contributed by atoms with van der Waals surface area (Å²) in [5.74, 6) is 0.555. The van der Waals surface area contributed by atoms with Crippen LogP contribution >= 0.6 is 0 Å². The Hall–Kier alpha value is -1.39. The Morgan fingerprint density at radius 3 is 2.81 bits per heavy atom. The third kappa shape index (κ3) is 4.29. The normalized spacial score (nSPS) is 23.9. The lowest BCUT2D eigenvalue weighted by Gasteiger charge is -2.37. The van der Waals surface area contributed by atoms with Crippen LogP contribution in [0.2, 0.25) is 0 Å². The molecule has 1 heterocycles. The number of piperidine rings is 1. The maximum Gasteiger partial charge on any atom is 0.239 e. The second kappa shape index (κ2) is 7.57. The molecule has 4 nitrogen and oxygen atoms in total. The van der Waals surface area contributed by atoms with Gasteiger partial charge in [0.15, 0.2) is 0 Å². The van der Waals surface area contributed by atoms with E-state index in [-0.39, 0.29) is 12.0 Å². The van der Waals surface area contributed by atoms with Gasteiger partial charge in [0.05, 0.1) is 12.1 Å². The third-order valence-corrected chi connectivity index (χ3v) is 4.41. The van der Waals surface area contributed by atoms with Gasteiger partial charge in [0.25, 0.3) is 0 Å². The van der Waals surface area contributed by atoms with Gasteiger partial charge in [-0.15, -0.1) is 0 Å². The Balaban J connectivity index is 1.84. The Morgan fingerprint density at radius 2 is 2.14 bits per heavy atom. The number of methoxy groups -OCH3 is 1. The first-order valence-corrected chi connectivity index (χ1v) is 7.73. The van der Waals surface area contributed by atoms with E-state index in [4.69, 9.17) is 10.5 Å². The van der Waals surface area contributed by atoms with Crippen molar-refractivity contribution in [3.8, 4) is 0 Å². The van der Waals surface area contributed by atoms with Crippen molar-refractivity contribution >= 4 is 5.91 Å². The van der Waals surface area contributed by atoms with Crippen molar-refractivity contribution in [1.82, 2.24) is 4.90 Å². The summed E-state index contributed by atoms with van der Waals surface area (Å²) in [5, 5.41) is 0. The number of likely N-dealkylation sites (tertiary alicyclic amines) is 1. The zero-order chi connectivity index (χ0) is 15.2. The van der Waals surface area contributed by atoms with E-state index in [0.29, 0.717) is 18.9 Å². The highest BCUT2D eigenvalue weighted by atomic mass is 16.5. The lowest BCUT2D eigenvalue weighted by atomic mass is 9.95. The number of benzene rings is 1. The second-order valence-electron chi connectivity index (χ2n) is 5.96. The Bertz CT molecular complexity index is 449. The van der Waals surface area contributed by atoms with E-state index in [2.05, 4.69) is 19.1 Å². The minimum absolute atomic E-state index is 0.0554. The fourth-order valence-electron chi connectivity index (χ4n) is 2.87. The van der Waals surface area contributed by atoms with Gasteiger partial charge in [-0.2, -0.15) is 0 Å². The highest BCUT2D eigenvalue weighted by Crippen LogP contribution is 2.20. The first kappa shape index (κ1) is 16.0. The van der Waals surface area contributed by atoms with Gasteiger partial charge in [-0.25, -0.2) is 0 Å². The molecule has 0 spiro atoms. The van der Waals surface area contributed by atoms with Gasteiger partial charge in [0.2, 0.25) is 5.91 Å². The van der Waals surface area contributed by atoms with Crippen LogP contribution in [0.5, 0.6) is 0 Å². The maximum atomic E-state index is 12.4. The van der Waals surface area contributed by atoms with Crippen LogP contribution in [0.3, 0.4) is 0 Å². The van der Waals surface area contributed by atoms with Crippen molar-refractivity contribution in [2.45, 2.75) is 38.3 Å². The zero-order valence-electron chi connectivity index (χ0n) is 13.0. The molecule has 1 aliphatic heterocycles. The highest BCUT2D eigenvalue weighted by molar-refractivity contribution is 5.81. The molecule has 4 heteroatoms. The van der Waals surface area contributed by atoms with Crippen molar-refractivity contribution in [3.05, 3.63) is 35.9 Å². The summed E-state index contributed by atoms with van der Waals surface area (Å²) in [6.07, 6.45) is 2.64. The van der Waals surface area contributed by atoms with E-state index < -0.39 is 6.04 Å². The monoisotopic (exact) mass is 290 g/mol. The zero-order valence-corrected chi connectivity index (χ0v) is 13.0. The quantitative estimate of drug-likeness (QED) is 0.900. The minimum Gasteiger partial charge on any atom is -0.379 e. The first-order valence-electron chi connectivity index (χ1n) is 7.73. The number of carbonyl (C=O) groups is 1. The van der Waals surface area contributed by atoms with E-state index in [1.54, 1.807) is 7.11 Å². The van der Waals surface area contributed by atoms with Crippen molar-refractivity contribution in [1.29, 1.82) is 0 Å². The molecule has 2 unspecified atom stereocenters. The van der Waals surface area contributed by atoms with E-state index in [9.17, 15) is 4.79 Å². The number of hydrogen-bond donors (Lipinski definition) is 1. The second-order valence-corrected chi connectivity index (χ2v) is 5.96. The lowest BCUT2D eigenvalue weighted by Crippen LogP contribution is -2.51. The Labute approximate surface area is 127 Å². The highest BCUT2D eigenvalue weighted by Gasteiger charge is 2.30. The molecule has 0 radical (unpaired) electrons. The lowest BCUT2D eigenvalue weighted by molar-refractivity contribution is -0.137. The number of nitrogens with zero attached hydrogens (tertiary/aromatic N) is 1. The molecule has 1 aromatic carbocycles. The van der Waals surface area contributed by atoms with Crippen molar-refractivity contribution in [2.75, 3.05) is 20.2 Å². The van der Waals surface area contributed by atoms with Crippen LogP contribution in [0.1, 0.15) is 25.3 Å². The Morgan fingerprint density at radius 1 is 1.43 bits per heavy atom. The molecule has 1 aliphatic rings. The minimum atomic E-state index is -0.420. The fourth-order valence-corrected chi connectivity index (χ4v) is 2.87. The molecule has 0 bridgehead atoms. The van der Waals surface area contributed by atoms with E-state index >= 15 is 0 Å². The van der Waals surface area contributed by atoms with Gasteiger partial charge in [0.1, 0.15) is 0 Å². The van der Waals surface area contributed by atoms with E-state index in [1.807, 2.05) is 23.1 Å². The number of carbonyl (C=O) groups excluding carboxylic acids is 1. The first-order chi connectivity index (χ1) is 10.1. The van der Waals surface area contributed by atoms with Crippen LogP contribution in [0.25, 0.3) is 0 Å². The van der Waals surface area contributed by atoms with Gasteiger partial charge in [-0.05, 0) is 30.7 Å². The molecule has 2 N–H and O–H groups in total. The summed E-state index contributed by atoms with van der Waals surface area (Å²) in [4.78, 5) is 14.3. The largest absolute Gasteiger partial charge is 0.379 e. The summed E-state index contributed by atoms with van der Waals surface area (Å²) in [6.45, 7) is 3.62. The topological polar surface area (TPSA) is 55.6 Å². The molecular formula is C17H26N2O2. The molecule has 1 saturated heterocycles. The summed E-state index contributed by atoms with van der Waals surface area (Å²) in [6, 6.07) is 9.74. The van der Waals surface area contributed by atoms with Gasteiger partial charge in [-0.3, -0.25) is 4.79 Å². The molecule has 1 amide bonds. The Kier molecular flexibility index (Phi) is 5.76. The van der Waals surface area contributed by atoms with Crippen molar-refractivity contribution in [3.63, 3.8) is 0 Å². The number of aryl methyl sites for hydroxylation is 1. The van der Waals surface area contributed by atoms with Gasteiger partial charge in [-0.1, -0.05) is 37.3 Å². The number of rotatable bonds is 5. The molecule has 1 aromatic rings. The van der Waals surface area contributed by atoms with Gasteiger partial charge >= 0.3 is 0 Å². The van der Waals surface area contributed by atoms with Gasteiger partial charge in [0, 0.05) is 20.2 Å². The van der Waals surface area contributed by atoms with Crippen LogP contribution < -0.4 is 5.73 Å². The molecule has 2 rings (SSSR count). The summed E-state index contributed by atoms with van der Waals surface area (Å²) in [5.41, 5.74) is 7.31. The molecule has 0 saturated carbocycles. The predicted molar refractivity (Wildman–Crippen MR) is 83.9 cm³/mol. The standard InChI is InChI=1S/C17H26N2O2/c1-13-10-11-19(12-16(13)21-2)17(20)15(18)9-8-14-6-4-3-5-7-14/h3-7,13,15-16H,8-12,18H2,1-2H3/t13?,15-,16?/m0/s1. The van der Waals surface area contributed by atoms with Crippen LogP contribution in [-0.4, -0.2) is 43.2 Å². The summed E-state index contributed by atoms with van der Waals surface area (Å²) in [7, 11) is 1.71.